The summed E-state index contributed by atoms with van der Waals surface area (Å²) in [7, 11) is 0. The average molecular weight is 1200 g/mol. The molecule has 506 valence electrons. The summed E-state index contributed by atoms with van der Waals surface area (Å²) in [6.07, 6.45) is 106. The summed E-state index contributed by atoms with van der Waals surface area (Å²) in [6.45, 7) is 4.36. The lowest BCUT2D eigenvalue weighted by Gasteiger charge is -2.19. The highest BCUT2D eigenvalue weighted by Gasteiger charge is 2.18. The van der Waals surface area contributed by atoms with Crippen LogP contribution in [0.4, 0.5) is 0 Å². The fourth-order valence-corrected chi connectivity index (χ4v) is 13.1. The van der Waals surface area contributed by atoms with Gasteiger partial charge in [-0.2, -0.15) is 0 Å². The van der Waals surface area contributed by atoms with Crippen molar-refractivity contribution in [3.63, 3.8) is 0 Å². The van der Waals surface area contributed by atoms with E-state index in [0.717, 1.165) is 32.1 Å². The third kappa shape index (κ3) is 73.5. The zero-order valence-electron chi connectivity index (χ0n) is 58.7. The van der Waals surface area contributed by atoms with Crippen molar-refractivity contribution in [3.8, 4) is 0 Å². The summed E-state index contributed by atoms with van der Waals surface area (Å²) in [4.78, 5) is 12.6. The molecule has 0 bridgehead atoms. The molecule has 85 heavy (non-hydrogen) atoms. The molecule has 4 nitrogen and oxygen atoms in total. The summed E-state index contributed by atoms with van der Waals surface area (Å²) < 4.78 is 0. The molecule has 0 saturated heterocycles. The van der Waals surface area contributed by atoms with Crippen molar-refractivity contribution in [2.45, 2.75) is 482 Å². The Hall–Kier alpha value is -1.13. The molecular weight excluding hydrogens is 1030 g/mol. The number of unbranched alkanes of at least 4 members (excludes halogenated alkanes) is 67. The number of amides is 1. The number of carbonyl (C=O) groups excluding carboxylic acids is 1. The first-order valence-corrected chi connectivity index (χ1v) is 40.1. The fraction of sp³-hybridized carbons (Fsp3) is 0.938. The Labute approximate surface area is 536 Å². The van der Waals surface area contributed by atoms with Gasteiger partial charge in [-0.15, -0.1) is 0 Å². The minimum atomic E-state index is -0.862. The number of hydrogen-bond acceptors (Lipinski definition) is 3. The van der Waals surface area contributed by atoms with E-state index in [1.54, 1.807) is 6.08 Å². The summed E-state index contributed by atoms with van der Waals surface area (Å²) in [5.74, 6) is -0.0627. The van der Waals surface area contributed by atoms with E-state index in [0.29, 0.717) is 6.42 Å². The molecule has 0 aliphatic heterocycles. The lowest BCUT2D eigenvalue weighted by Crippen LogP contribution is -2.45. The monoisotopic (exact) mass is 1190 g/mol. The molecule has 2 unspecified atom stereocenters. The standard InChI is InChI=1S/C81H159NO3/c1-3-5-7-9-11-13-15-17-19-21-23-25-27-29-31-33-35-37-38-39-40-41-42-43-45-47-49-51-53-55-57-59-61-63-65-67-69-71-73-75-77-81(85)82-79(78-83)80(84)76-74-72-70-68-66-64-62-60-58-56-54-52-50-48-46-44-36-34-32-30-28-26-24-22-20-18-16-14-12-10-8-6-4-2/h66,68,74,76,79-80,83-84H,3-65,67,69-73,75,77-78H2,1-2H3,(H,82,85)/b68-66+,76-74+. The molecule has 0 aliphatic rings. The van der Waals surface area contributed by atoms with Crippen LogP contribution >= 0.6 is 0 Å². The van der Waals surface area contributed by atoms with Crippen LogP contribution in [0.25, 0.3) is 0 Å². The first kappa shape index (κ1) is 83.9. The van der Waals surface area contributed by atoms with Crippen LogP contribution in [0, 0.1) is 0 Å². The van der Waals surface area contributed by atoms with E-state index in [1.165, 1.54) is 417 Å². The summed E-state index contributed by atoms with van der Waals surface area (Å²) in [6, 6.07) is -0.639. The van der Waals surface area contributed by atoms with E-state index in [1.807, 2.05) is 6.08 Å². The zero-order valence-corrected chi connectivity index (χ0v) is 58.7. The molecule has 0 radical (unpaired) electrons. The Kier molecular flexibility index (Phi) is 76.1. The second-order valence-electron chi connectivity index (χ2n) is 27.8. The van der Waals surface area contributed by atoms with Gasteiger partial charge in [-0.25, -0.2) is 0 Å². The second kappa shape index (κ2) is 77.1. The van der Waals surface area contributed by atoms with Crippen molar-refractivity contribution >= 4 is 5.91 Å². The van der Waals surface area contributed by atoms with Gasteiger partial charge in [0.25, 0.3) is 0 Å². The van der Waals surface area contributed by atoms with E-state index in [9.17, 15) is 15.0 Å². The molecule has 0 fully saturated rings. The van der Waals surface area contributed by atoms with Gasteiger partial charge in [0.1, 0.15) is 0 Å². The molecule has 0 rings (SSSR count). The van der Waals surface area contributed by atoms with Gasteiger partial charge in [0.2, 0.25) is 5.91 Å². The Bertz CT molecular complexity index is 1260. The largest absolute Gasteiger partial charge is 0.394 e. The normalized spacial score (nSPS) is 12.7. The van der Waals surface area contributed by atoms with Gasteiger partial charge in [-0.1, -0.05) is 456 Å². The minimum absolute atomic E-state index is 0.0627. The van der Waals surface area contributed by atoms with Gasteiger partial charge in [0, 0.05) is 6.42 Å². The highest BCUT2D eigenvalue weighted by atomic mass is 16.3. The van der Waals surface area contributed by atoms with Crippen LogP contribution in [-0.2, 0) is 4.79 Å². The van der Waals surface area contributed by atoms with E-state index in [2.05, 4.69) is 31.3 Å². The minimum Gasteiger partial charge on any atom is -0.394 e. The molecule has 0 saturated carbocycles. The molecule has 0 heterocycles. The number of nitrogens with one attached hydrogen (secondary N) is 1. The van der Waals surface area contributed by atoms with Gasteiger partial charge in [-0.3, -0.25) is 4.79 Å². The number of rotatable bonds is 76. The van der Waals surface area contributed by atoms with Crippen molar-refractivity contribution < 1.29 is 15.0 Å². The van der Waals surface area contributed by atoms with E-state index in [4.69, 9.17) is 0 Å². The van der Waals surface area contributed by atoms with Crippen LogP contribution < -0.4 is 5.32 Å². The molecular formula is C81H159NO3. The predicted molar refractivity (Wildman–Crippen MR) is 382 cm³/mol. The van der Waals surface area contributed by atoms with Crippen LogP contribution in [0.2, 0.25) is 0 Å². The Morgan fingerprint density at radius 1 is 0.271 bits per heavy atom. The first-order chi connectivity index (χ1) is 42.2. The van der Waals surface area contributed by atoms with Crippen LogP contribution in [0.5, 0.6) is 0 Å². The average Bonchev–Trinajstić information content (AvgIpc) is 3.52. The van der Waals surface area contributed by atoms with E-state index < -0.39 is 12.1 Å². The van der Waals surface area contributed by atoms with Gasteiger partial charge in [0.05, 0.1) is 18.8 Å². The van der Waals surface area contributed by atoms with Gasteiger partial charge in [0.15, 0.2) is 0 Å². The highest BCUT2D eigenvalue weighted by molar-refractivity contribution is 5.76. The second-order valence-corrected chi connectivity index (χ2v) is 27.8. The third-order valence-electron chi connectivity index (χ3n) is 19.2. The molecule has 2 atom stereocenters. The van der Waals surface area contributed by atoms with Crippen molar-refractivity contribution in [1.29, 1.82) is 0 Å². The maximum Gasteiger partial charge on any atom is 0.220 e. The van der Waals surface area contributed by atoms with Gasteiger partial charge in [-0.05, 0) is 32.1 Å². The number of carbonyl (C=O) groups is 1. The number of aliphatic hydroxyl groups excluding tert-OH is 2. The third-order valence-corrected chi connectivity index (χ3v) is 19.2. The predicted octanol–water partition coefficient (Wildman–Crippen LogP) is 27.7. The Morgan fingerprint density at radius 3 is 0.682 bits per heavy atom. The molecule has 0 aromatic heterocycles. The van der Waals surface area contributed by atoms with Crippen molar-refractivity contribution in [3.05, 3.63) is 24.3 Å². The van der Waals surface area contributed by atoms with Crippen LogP contribution in [0.1, 0.15) is 470 Å². The van der Waals surface area contributed by atoms with Gasteiger partial charge < -0.3 is 15.5 Å². The fourth-order valence-electron chi connectivity index (χ4n) is 13.1. The summed E-state index contributed by atoms with van der Waals surface area (Å²) in [5, 5.41) is 23.3. The number of allylic oxidation sites excluding steroid dienone is 3. The van der Waals surface area contributed by atoms with Crippen LogP contribution in [0.15, 0.2) is 24.3 Å². The van der Waals surface area contributed by atoms with Crippen molar-refractivity contribution in [2.75, 3.05) is 6.61 Å². The van der Waals surface area contributed by atoms with Crippen LogP contribution in [0.3, 0.4) is 0 Å². The maximum atomic E-state index is 12.6. The maximum absolute atomic E-state index is 12.6. The molecule has 0 spiro atoms. The smallest absolute Gasteiger partial charge is 0.220 e. The number of hydrogen-bond donors (Lipinski definition) is 3. The molecule has 3 N–H and O–H groups in total. The Morgan fingerprint density at radius 2 is 0.459 bits per heavy atom. The highest BCUT2D eigenvalue weighted by Crippen LogP contribution is 2.21. The van der Waals surface area contributed by atoms with Crippen molar-refractivity contribution in [1.82, 2.24) is 5.32 Å². The molecule has 4 heteroatoms. The lowest BCUT2D eigenvalue weighted by molar-refractivity contribution is -0.123. The quantitative estimate of drug-likeness (QED) is 0.0420. The summed E-state index contributed by atoms with van der Waals surface area (Å²) in [5.41, 5.74) is 0. The summed E-state index contributed by atoms with van der Waals surface area (Å²) >= 11 is 0. The van der Waals surface area contributed by atoms with Crippen LogP contribution in [-0.4, -0.2) is 34.9 Å². The SMILES string of the molecule is CCCCCCCCCCCCCCCCCCCCCCCCCCCCC/C=C/CC/C=C/C(O)C(CO)NC(=O)CCCCCCCCCCCCCCCCCCCCCCCCCCCCCCCCCCCCCCCCCC. The number of aliphatic hydroxyl groups is 2. The first-order valence-electron chi connectivity index (χ1n) is 40.1. The molecule has 0 aromatic carbocycles. The van der Waals surface area contributed by atoms with Gasteiger partial charge >= 0.3 is 0 Å². The topological polar surface area (TPSA) is 69.6 Å². The van der Waals surface area contributed by atoms with E-state index in [-0.39, 0.29) is 12.5 Å². The Balaban J connectivity index is 3.39. The zero-order chi connectivity index (χ0) is 61.2. The lowest BCUT2D eigenvalue weighted by atomic mass is 10.0. The molecule has 0 aromatic rings. The molecule has 0 aliphatic carbocycles. The van der Waals surface area contributed by atoms with Crippen molar-refractivity contribution in [2.24, 2.45) is 0 Å². The molecule has 1 amide bonds. The van der Waals surface area contributed by atoms with E-state index >= 15 is 0 Å².